The van der Waals surface area contributed by atoms with Crippen molar-refractivity contribution in [3.05, 3.63) is 35.8 Å². The van der Waals surface area contributed by atoms with Gasteiger partial charge in [-0.15, -0.1) is 0 Å². The van der Waals surface area contributed by atoms with E-state index in [1.807, 2.05) is 0 Å². The van der Waals surface area contributed by atoms with Crippen LogP contribution >= 0.6 is 0 Å². The number of nitrogens with zero attached hydrogens (tertiary/aromatic N) is 1. The molecule has 0 amide bonds. The van der Waals surface area contributed by atoms with Crippen LogP contribution in [0.3, 0.4) is 0 Å². The molecule has 1 aliphatic heterocycles. The summed E-state index contributed by atoms with van der Waals surface area (Å²) in [5, 5.41) is 0. The number of hydrogen-bond acceptors (Lipinski definition) is 2. The third-order valence-electron chi connectivity index (χ3n) is 2.68. The van der Waals surface area contributed by atoms with E-state index in [9.17, 15) is 0 Å². The smallest absolute Gasteiger partial charge is 0.142 e. The minimum Gasteiger partial charge on any atom is -0.490 e. The second kappa shape index (κ2) is 3.19. The van der Waals surface area contributed by atoms with Gasteiger partial charge in [-0.1, -0.05) is 26.0 Å². The molecule has 1 heterocycles. The normalized spacial score (nSPS) is 24.4. The Morgan fingerprint density at radius 3 is 2.79 bits per heavy atom. The minimum atomic E-state index is 0.127. The molecule has 1 aliphatic carbocycles. The van der Waals surface area contributed by atoms with Gasteiger partial charge >= 0.3 is 0 Å². The number of ether oxygens (including phenoxy) is 1. The van der Waals surface area contributed by atoms with Crippen LogP contribution in [0.1, 0.15) is 13.8 Å². The molecule has 0 aromatic rings. The minimum absolute atomic E-state index is 0.127. The van der Waals surface area contributed by atoms with Crippen LogP contribution in [-0.2, 0) is 4.74 Å². The molecule has 2 nitrogen and oxygen atoms in total. The van der Waals surface area contributed by atoms with E-state index in [1.54, 1.807) is 0 Å². The molecule has 14 heavy (non-hydrogen) atoms. The van der Waals surface area contributed by atoms with Gasteiger partial charge in [-0.25, -0.2) is 0 Å². The van der Waals surface area contributed by atoms with Crippen molar-refractivity contribution in [1.29, 1.82) is 0 Å². The highest BCUT2D eigenvalue weighted by atomic mass is 16.5. The highest BCUT2D eigenvalue weighted by molar-refractivity contribution is 5.35. The van der Waals surface area contributed by atoms with Crippen LogP contribution in [0.2, 0.25) is 0 Å². The highest BCUT2D eigenvalue weighted by Crippen LogP contribution is 2.28. The van der Waals surface area contributed by atoms with E-state index >= 15 is 0 Å². The first-order valence-corrected chi connectivity index (χ1v) is 5.05. The number of hydrogen-bond donors (Lipinski definition) is 0. The van der Waals surface area contributed by atoms with Crippen molar-refractivity contribution in [3.63, 3.8) is 0 Å². The first-order valence-electron chi connectivity index (χ1n) is 5.05. The van der Waals surface area contributed by atoms with Gasteiger partial charge in [0, 0.05) is 12.5 Å². The molecule has 0 aromatic heterocycles. The fourth-order valence-electron chi connectivity index (χ4n) is 1.66. The van der Waals surface area contributed by atoms with Crippen molar-refractivity contribution in [2.24, 2.45) is 5.41 Å². The Morgan fingerprint density at radius 2 is 2.00 bits per heavy atom. The summed E-state index contributed by atoms with van der Waals surface area (Å²) in [5.41, 5.74) is 1.32. The van der Waals surface area contributed by atoms with E-state index in [2.05, 4.69) is 50.1 Å². The molecule has 0 bridgehead atoms. The van der Waals surface area contributed by atoms with Crippen LogP contribution < -0.4 is 0 Å². The van der Waals surface area contributed by atoms with Gasteiger partial charge in [0.2, 0.25) is 0 Å². The van der Waals surface area contributed by atoms with Gasteiger partial charge in [-0.05, 0) is 12.2 Å². The molecule has 0 fully saturated rings. The molecular weight excluding hydrogens is 174 g/mol. The van der Waals surface area contributed by atoms with E-state index in [0.717, 1.165) is 18.9 Å². The molecule has 2 aliphatic rings. The third-order valence-corrected chi connectivity index (χ3v) is 2.68. The predicted octanol–water partition coefficient (Wildman–Crippen LogP) is 2.31. The van der Waals surface area contributed by atoms with Gasteiger partial charge in [0.05, 0.1) is 12.2 Å². The zero-order valence-corrected chi connectivity index (χ0v) is 9.08. The van der Waals surface area contributed by atoms with Gasteiger partial charge < -0.3 is 9.64 Å². The van der Waals surface area contributed by atoms with Crippen LogP contribution in [0.4, 0.5) is 0 Å². The Labute approximate surface area is 85.5 Å². The molecule has 2 heteroatoms. The molecule has 0 spiro atoms. The molecule has 0 aromatic carbocycles. The van der Waals surface area contributed by atoms with E-state index in [1.165, 1.54) is 5.70 Å². The molecule has 0 saturated heterocycles. The number of rotatable bonds is 0. The van der Waals surface area contributed by atoms with Gasteiger partial charge in [-0.2, -0.15) is 0 Å². The van der Waals surface area contributed by atoms with Crippen molar-refractivity contribution in [1.82, 2.24) is 4.90 Å². The first-order chi connectivity index (χ1) is 6.58. The van der Waals surface area contributed by atoms with Crippen LogP contribution in [0.15, 0.2) is 35.8 Å². The summed E-state index contributed by atoms with van der Waals surface area (Å²) < 4.78 is 5.63. The number of allylic oxidation sites excluding steroid dienone is 4. The molecule has 0 radical (unpaired) electrons. The molecule has 76 valence electrons. The SMILES string of the molecule is CN1CCOC2=C1C=CC(C)(C)C=C2. The maximum atomic E-state index is 5.63. The number of likely N-dealkylation sites (N-methyl/N-ethyl adjacent to an activating group) is 1. The molecule has 0 N–H and O–H groups in total. The zero-order valence-electron chi connectivity index (χ0n) is 9.08. The Balaban J connectivity index is 2.37. The highest BCUT2D eigenvalue weighted by Gasteiger charge is 2.19. The average Bonchev–Trinajstić information content (AvgIpc) is 2.27. The third kappa shape index (κ3) is 1.69. The molecule has 0 saturated carbocycles. The molecule has 2 rings (SSSR count). The Bertz CT molecular complexity index is 323. The Kier molecular flexibility index (Phi) is 2.14. The lowest BCUT2D eigenvalue weighted by Crippen LogP contribution is -2.27. The van der Waals surface area contributed by atoms with Crippen LogP contribution in [0, 0.1) is 5.41 Å². The van der Waals surface area contributed by atoms with Gasteiger partial charge in [0.15, 0.2) is 0 Å². The maximum absolute atomic E-state index is 5.63. The lowest BCUT2D eigenvalue weighted by atomic mass is 9.93. The summed E-state index contributed by atoms with van der Waals surface area (Å²) in [6.45, 7) is 6.14. The largest absolute Gasteiger partial charge is 0.490 e. The van der Waals surface area contributed by atoms with E-state index in [0.29, 0.717) is 0 Å². The Hall–Kier alpha value is -1.18. The molecule has 0 unspecified atom stereocenters. The predicted molar refractivity (Wildman–Crippen MR) is 57.7 cm³/mol. The van der Waals surface area contributed by atoms with E-state index in [-0.39, 0.29) is 5.41 Å². The van der Waals surface area contributed by atoms with E-state index < -0.39 is 0 Å². The lowest BCUT2D eigenvalue weighted by Gasteiger charge is -2.27. The fraction of sp³-hybridized carbons (Fsp3) is 0.500. The van der Waals surface area contributed by atoms with Crippen LogP contribution in [0.25, 0.3) is 0 Å². The van der Waals surface area contributed by atoms with Gasteiger partial charge in [-0.3, -0.25) is 0 Å². The van der Waals surface area contributed by atoms with Crippen molar-refractivity contribution in [3.8, 4) is 0 Å². The van der Waals surface area contributed by atoms with Gasteiger partial charge in [0.25, 0.3) is 0 Å². The second-order valence-electron chi connectivity index (χ2n) is 4.51. The average molecular weight is 191 g/mol. The quantitative estimate of drug-likeness (QED) is 0.582. The van der Waals surface area contributed by atoms with Crippen molar-refractivity contribution in [2.45, 2.75) is 13.8 Å². The monoisotopic (exact) mass is 191 g/mol. The molecular formula is C12H17NO. The molecule has 0 atom stereocenters. The van der Waals surface area contributed by atoms with Crippen molar-refractivity contribution < 1.29 is 4.74 Å². The summed E-state index contributed by atoms with van der Waals surface area (Å²) in [6.07, 6.45) is 8.65. The van der Waals surface area contributed by atoms with Crippen molar-refractivity contribution in [2.75, 3.05) is 20.2 Å². The van der Waals surface area contributed by atoms with E-state index in [4.69, 9.17) is 4.74 Å². The maximum Gasteiger partial charge on any atom is 0.142 e. The summed E-state index contributed by atoms with van der Waals surface area (Å²) in [6, 6.07) is 0. The summed E-state index contributed by atoms with van der Waals surface area (Å²) in [7, 11) is 2.11. The van der Waals surface area contributed by atoms with Gasteiger partial charge in [0.1, 0.15) is 12.4 Å². The zero-order chi connectivity index (χ0) is 10.2. The standard InChI is InChI=1S/C12H17NO/c1-12(2)6-4-10-11(5-7-12)14-9-8-13(10)3/h4-7H,8-9H2,1-3H3. The van der Waals surface area contributed by atoms with Crippen LogP contribution in [0.5, 0.6) is 0 Å². The lowest BCUT2D eigenvalue weighted by molar-refractivity contribution is 0.157. The first kappa shape index (κ1) is 9.38. The second-order valence-corrected chi connectivity index (χ2v) is 4.51. The topological polar surface area (TPSA) is 12.5 Å². The fourth-order valence-corrected chi connectivity index (χ4v) is 1.66. The summed E-state index contributed by atoms with van der Waals surface area (Å²) >= 11 is 0. The Morgan fingerprint density at radius 1 is 1.29 bits per heavy atom. The van der Waals surface area contributed by atoms with Crippen LogP contribution in [-0.4, -0.2) is 25.1 Å². The van der Waals surface area contributed by atoms with Crippen molar-refractivity contribution >= 4 is 0 Å². The summed E-state index contributed by atoms with van der Waals surface area (Å²) in [4.78, 5) is 2.24. The summed E-state index contributed by atoms with van der Waals surface area (Å²) in [5.74, 6) is 1.00.